The number of rotatable bonds is 3. The zero-order valence-electron chi connectivity index (χ0n) is 10.1. The van der Waals surface area contributed by atoms with Gasteiger partial charge in [-0.1, -0.05) is 11.6 Å². The molecule has 1 aromatic rings. The molecule has 1 aromatic carbocycles. The number of halogens is 1. The Bertz CT molecular complexity index is 455. The van der Waals surface area contributed by atoms with Crippen LogP contribution in [-0.2, 0) is 0 Å². The number of aryl methyl sites for hydroxylation is 1. The number of carbonyl (C=O) groups is 1. The summed E-state index contributed by atoms with van der Waals surface area (Å²) in [4.78, 5) is 12.1. The van der Waals surface area contributed by atoms with Crippen molar-refractivity contribution in [3.63, 3.8) is 0 Å². The van der Waals surface area contributed by atoms with Gasteiger partial charge in [0.25, 0.3) is 5.91 Å². The van der Waals surface area contributed by atoms with Crippen LogP contribution >= 0.6 is 11.6 Å². The van der Waals surface area contributed by atoms with Crippen molar-refractivity contribution in [2.24, 2.45) is 5.92 Å². The lowest BCUT2D eigenvalue weighted by molar-refractivity contribution is 0.0936. The molecule has 3 nitrogen and oxygen atoms in total. The zero-order chi connectivity index (χ0) is 12.6. The van der Waals surface area contributed by atoms with Gasteiger partial charge in [-0.05, 0) is 50.3 Å². The number of nitrogens with two attached hydrogens (primary N) is 1. The second-order valence-corrected chi connectivity index (χ2v) is 5.22. The molecule has 17 heavy (non-hydrogen) atoms. The van der Waals surface area contributed by atoms with E-state index in [1.165, 1.54) is 12.8 Å². The van der Waals surface area contributed by atoms with E-state index < -0.39 is 0 Å². The molecule has 1 aliphatic rings. The topological polar surface area (TPSA) is 55.1 Å². The van der Waals surface area contributed by atoms with Crippen LogP contribution in [0.4, 0.5) is 5.69 Å². The summed E-state index contributed by atoms with van der Waals surface area (Å²) in [6.07, 6.45) is 2.40. The Labute approximate surface area is 106 Å². The minimum absolute atomic E-state index is 0.132. The van der Waals surface area contributed by atoms with Crippen molar-refractivity contribution in [3.05, 3.63) is 28.3 Å². The molecule has 1 fully saturated rings. The lowest BCUT2D eigenvalue weighted by atomic mass is 10.1. The molecule has 0 radical (unpaired) electrons. The van der Waals surface area contributed by atoms with Crippen molar-refractivity contribution in [1.82, 2.24) is 5.32 Å². The SMILES string of the molecule is Cc1cc(Cl)cc(C(=O)N[C@H](C)C2CC2)c1N. The number of hydrogen-bond donors (Lipinski definition) is 2. The Morgan fingerprint density at radius 2 is 2.18 bits per heavy atom. The molecule has 0 aromatic heterocycles. The van der Waals surface area contributed by atoms with E-state index >= 15 is 0 Å². The molecule has 0 unspecified atom stereocenters. The Morgan fingerprint density at radius 1 is 1.53 bits per heavy atom. The molecule has 0 spiro atoms. The maximum atomic E-state index is 12.1. The molecule has 3 N–H and O–H groups in total. The average molecular weight is 253 g/mol. The fourth-order valence-electron chi connectivity index (χ4n) is 1.94. The Morgan fingerprint density at radius 3 is 2.76 bits per heavy atom. The molecule has 1 atom stereocenters. The smallest absolute Gasteiger partial charge is 0.253 e. The van der Waals surface area contributed by atoms with Crippen LogP contribution in [0, 0.1) is 12.8 Å². The fourth-order valence-corrected chi connectivity index (χ4v) is 2.21. The van der Waals surface area contributed by atoms with E-state index in [0.717, 1.165) is 5.56 Å². The molecule has 92 valence electrons. The second kappa shape index (κ2) is 4.57. The zero-order valence-corrected chi connectivity index (χ0v) is 10.8. The van der Waals surface area contributed by atoms with Crippen LogP contribution in [0.25, 0.3) is 0 Å². The van der Waals surface area contributed by atoms with Gasteiger partial charge < -0.3 is 11.1 Å². The van der Waals surface area contributed by atoms with Crippen LogP contribution in [0.3, 0.4) is 0 Å². The predicted molar refractivity (Wildman–Crippen MR) is 70.3 cm³/mol. The number of benzene rings is 1. The summed E-state index contributed by atoms with van der Waals surface area (Å²) in [5.74, 6) is 0.493. The van der Waals surface area contributed by atoms with Crippen LogP contribution in [0.15, 0.2) is 12.1 Å². The molecule has 2 rings (SSSR count). The van der Waals surface area contributed by atoms with E-state index in [1.54, 1.807) is 12.1 Å². The van der Waals surface area contributed by atoms with Gasteiger partial charge in [0.2, 0.25) is 0 Å². The Kier molecular flexibility index (Phi) is 3.29. The summed E-state index contributed by atoms with van der Waals surface area (Å²) < 4.78 is 0. The lowest BCUT2D eigenvalue weighted by Gasteiger charge is -2.15. The number of nitrogen functional groups attached to an aromatic ring is 1. The van der Waals surface area contributed by atoms with Gasteiger partial charge in [-0.2, -0.15) is 0 Å². The summed E-state index contributed by atoms with van der Waals surface area (Å²) in [6, 6.07) is 3.60. The van der Waals surface area contributed by atoms with Crippen LogP contribution in [0.5, 0.6) is 0 Å². The molecule has 1 aliphatic carbocycles. The molecule has 4 heteroatoms. The van der Waals surface area contributed by atoms with E-state index in [4.69, 9.17) is 17.3 Å². The summed E-state index contributed by atoms with van der Waals surface area (Å²) >= 11 is 5.94. The molecular weight excluding hydrogens is 236 g/mol. The lowest BCUT2D eigenvalue weighted by Crippen LogP contribution is -2.34. The molecule has 1 saturated carbocycles. The normalized spacial score (nSPS) is 16.6. The van der Waals surface area contributed by atoms with E-state index in [9.17, 15) is 4.79 Å². The Balaban J connectivity index is 2.17. The van der Waals surface area contributed by atoms with Gasteiger partial charge in [0, 0.05) is 16.8 Å². The van der Waals surface area contributed by atoms with Gasteiger partial charge in [0.1, 0.15) is 0 Å². The Hall–Kier alpha value is -1.22. The standard InChI is InChI=1S/C13H17ClN2O/c1-7-5-10(14)6-11(12(7)15)13(17)16-8(2)9-3-4-9/h5-6,8-9H,3-4,15H2,1-2H3,(H,16,17)/t8-/m1/s1. The van der Waals surface area contributed by atoms with Gasteiger partial charge in [-0.3, -0.25) is 4.79 Å². The highest BCUT2D eigenvalue weighted by molar-refractivity contribution is 6.31. The first-order chi connectivity index (χ1) is 7.99. The summed E-state index contributed by atoms with van der Waals surface area (Å²) in [5, 5.41) is 3.52. The summed E-state index contributed by atoms with van der Waals surface area (Å²) in [7, 11) is 0. The van der Waals surface area contributed by atoms with Crippen LogP contribution in [0.1, 0.15) is 35.7 Å². The largest absolute Gasteiger partial charge is 0.398 e. The third-order valence-corrected chi connectivity index (χ3v) is 3.50. The first-order valence-corrected chi connectivity index (χ1v) is 6.23. The third-order valence-electron chi connectivity index (χ3n) is 3.28. The first kappa shape index (κ1) is 12.2. The van der Waals surface area contributed by atoms with E-state index in [2.05, 4.69) is 5.32 Å². The third kappa shape index (κ3) is 2.72. The molecule has 1 amide bonds. The van der Waals surface area contributed by atoms with Crippen LogP contribution < -0.4 is 11.1 Å². The van der Waals surface area contributed by atoms with Crippen molar-refractivity contribution in [2.45, 2.75) is 32.7 Å². The molecule has 0 saturated heterocycles. The van der Waals surface area contributed by atoms with E-state index in [-0.39, 0.29) is 11.9 Å². The summed E-state index contributed by atoms with van der Waals surface area (Å²) in [6.45, 7) is 3.88. The molecule has 0 bridgehead atoms. The van der Waals surface area contributed by atoms with Crippen molar-refractivity contribution < 1.29 is 4.79 Å². The second-order valence-electron chi connectivity index (χ2n) is 4.78. The number of amides is 1. The van der Waals surface area contributed by atoms with E-state index in [1.807, 2.05) is 13.8 Å². The van der Waals surface area contributed by atoms with Gasteiger partial charge in [0.15, 0.2) is 0 Å². The minimum Gasteiger partial charge on any atom is -0.398 e. The number of hydrogen-bond acceptors (Lipinski definition) is 2. The van der Waals surface area contributed by atoms with Gasteiger partial charge in [0.05, 0.1) is 5.56 Å². The van der Waals surface area contributed by atoms with Crippen molar-refractivity contribution in [2.75, 3.05) is 5.73 Å². The highest BCUT2D eigenvalue weighted by Gasteiger charge is 2.29. The van der Waals surface area contributed by atoms with Crippen molar-refractivity contribution in [1.29, 1.82) is 0 Å². The monoisotopic (exact) mass is 252 g/mol. The maximum Gasteiger partial charge on any atom is 0.253 e. The van der Waals surface area contributed by atoms with Gasteiger partial charge in [-0.15, -0.1) is 0 Å². The quantitative estimate of drug-likeness (QED) is 0.813. The molecule has 0 heterocycles. The van der Waals surface area contributed by atoms with Crippen molar-refractivity contribution in [3.8, 4) is 0 Å². The molecular formula is C13H17ClN2O. The number of carbonyl (C=O) groups excluding carboxylic acids is 1. The summed E-state index contributed by atoms with van der Waals surface area (Å²) in [5.41, 5.74) is 7.72. The minimum atomic E-state index is -0.132. The van der Waals surface area contributed by atoms with Crippen molar-refractivity contribution >= 4 is 23.2 Å². The highest BCUT2D eigenvalue weighted by Crippen LogP contribution is 2.32. The maximum absolute atomic E-state index is 12.1. The fraction of sp³-hybridized carbons (Fsp3) is 0.462. The molecule has 0 aliphatic heterocycles. The van der Waals surface area contributed by atoms with E-state index in [0.29, 0.717) is 22.2 Å². The van der Waals surface area contributed by atoms with Gasteiger partial charge in [-0.25, -0.2) is 0 Å². The number of nitrogens with one attached hydrogen (secondary N) is 1. The predicted octanol–water partition coefficient (Wildman–Crippen LogP) is 2.76. The highest BCUT2D eigenvalue weighted by atomic mass is 35.5. The van der Waals surface area contributed by atoms with Gasteiger partial charge >= 0.3 is 0 Å². The average Bonchev–Trinajstić information content (AvgIpc) is 3.06. The first-order valence-electron chi connectivity index (χ1n) is 5.85. The van der Waals surface area contributed by atoms with Crippen LogP contribution in [-0.4, -0.2) is 11.9 Å². The van der Waals surface area contributed by atoms with Crippen LogP contribution in [0.2, 0.25) is 5.02 Å². The number of anilines is 1.